The van der Waals surface area contributed by atoms with Crippen molar-refractivity contribution in [2.24, 2.45) is 11.8 Å². The zero-order valence-corrected chi connectivity index (χ0v) is 8.61. The highest BCUT2D eigenvalue weighted by Gasteiger charge is 2.40. The summed E-state index contributed by atoms with van der Waals surface area (Å²) in [5.74, 6) is 1.95. The third kappa shape index (κ3) is 1.56. The molecule has 0 aromatic carbocycles. The summed E-state index contributed by atoms with van der Waals surface area (Å²) < 4.78 is 5.07. The molecule has 0 radical (unpaired) electrons. The van der Waals surface area contributed by atoms with Crippen molar-refractivity contribution in [1.82, 2.24) is 5.32 Å². The van der Waals surface area contributed by atoms with Gasteiger partial charge in [0, 0.05) is 6.04 Å². The van der Waals surface area contributed by atoms with Gasteiger partial charge in [-0.1, -0.05) is 6.42 Å². The molecule has 1 heterocycles. The van der Waals surface area contributed by atoms with Crippen molar-refractivity contribution in [1.29, 1.82) is 0 Å². The van der Waals surface area contributed by atoms with E-state index < -0.39 is 0 Å². The number of hydrogen-bond acceptors (Lipinski definition) is 2. The highest BCUT2D eigenvalue weighted by molar-refractivity contribution is 5.91. The minimum absolute atomic E-state index is 0.0578. The Morgan fingerprint density at radius 3 is 2.93 bits per heavy atom. The highest BCUT2D eigenvalue weighted by Crippen LogP contribution is 2.44. The first-order valence-corrected chi connectivity index (χ1v) is 5.67. The quantitative estimate of drug-likeness (QED) is 0.804. The number of rotatable bonds is 2. The molecule has 2 aliphatic carbocycles. The second-order valence-electron chi connectivity index (χ2n) is 4.73. The summed E-state index contributed by atoms with van der Waals surface area (Å²) in [4.78, 5) is 11.7. The van der Waals surface area contributed by atoms with E-state index in [9.17, 15) is 4.79 Å². The van der Waals surface area contributed by atoms with Crippen LogP contribution in [0.25, 0.3) is 0 Å². The Balaban J connectivity index is 1.64. The standard InChI is InChI=1S/C12H15NO2/c14-12(11-2-1-5-15-11)13-10-7-8-3-4-9(10)6-8/h1-2,5,8-10H,3-4,6-7H2,(H,13,14)/t8-,9+,10-/m1/s1. The largest absolute Gasteiger partial charge is 0.459 e. The Bertz CT molecular complexity index is 358. The molecule has 2 aliphatic rings. The molecule has 2 bridgehead atoms. The van der Waals surface area contributed by atoms with Gasteiger partial charge in [-0.3, -0.25) is 4.79 Å². The fourth-order valence-electron chi connectivity index (χ4n) is 3.07. The minimum Gasteiger partial charge on any atom is -0.459 e. The van der Waals surface area contributed by atoms with Gasteiger partial charge in [-0.15, -0.1) is 0 Å². The van der Waals surface area contributed by atoms with Crippen LogP contribution in [-0.4, -0.2) is 11.9 Å². The lowest BCUT2D eigenvalue weighted by Gasteiger charge is -2.22. The van der Waals surface area contributed by atoms with Gasteiger partial charge in [0.05, 0.1) is 6.26 Å². The van der Waals surface area contributed by atoms with Gasteiger partial charge in [-0.05, 0) is 43.2 Å². The third-order valence-electron chi connectivity index (χ3n) is 3.80. The molecule has 0 aliphatic heterocycles. The van der Waals surface area contributed by atoms with Crippen molar-refractivity contribution in [3.8, 4) is 0 Å². The molecular weight excluding hydrogens is 190 g/mol. The molecule has 3 atom stereocenters. The van der Waals surface area contributed by atoms with E-state index >= 15 is 0 Å². The summed E-state index contributed by atoms with van der Waals surface area (Å²) in [6.45, 7) is 0. The first-order valence-electron chi connectivity index (χ1n) is 5.67. The second kappa shape index (κ2) is 3.40. The van der Waals surface area contributed by atoms with Crippen LogP contribution >= 0.6 is 0 Å². The van der Waals surface area contributed by atoms with Gasteiger partial charge in [0.15, 0.2) is 5.76 Å². The lowest BCUT2D eigenvalue weighted by molar-refractivity contribution is 0.0894. The molecule has 0 saturated heterocycles. The predicted octanol–water partition coefficient (Wildman–Crippen LogP) is 2.20. The van der Waals surface area contributed by atoms with Crippen LogP contribution in [0.1, 0.15) is 36.2 Å². The maximum Gasteiger partial charge on any atom is 0.287 e. The van der Waals surface area contributed by atoms with E-state index in [0.29, 0.717) is 17.7 Å². The molecule has 2 saturated carbocycles. The molecule has 1 aromatic heterocycles. The van der Waals surface area contributed by atoms with E-state index in [2.05, 4.69) is 5.32 Å². The average Bonchev–Trinajstić information content (AvgIpc) is 2.95. The Kier molecular flexibility index (Phi) is 2.04. The van der Waals surface area contributed by atoms with Crippen LogP contribution in [0.15, 0.2) is 22.8 Å². The molecule has 80 valence electrons. The number of nitrogens with one attached hydrogen (secondary N) is 1. The highest BCUT2D eigenvalue weighted by atomic mass is 16.3. The summed E-state index contributed by atoms with van der Waals surface area (Å²) in [5, 5.41) is 3.08. The van der Waals surface area contributed by atoms with E-state index in [4.69, 9.17) is 4.42 Å². The molecule has 2 fully saturated rings. The summed E-state index contributed by atoms with van der Waals surface area (Å²) in [6, 6.07) is 3.85. The fourth-order valence-corrected chi connectivity index (χ4v) is 3.07. The summed E-state index contributed by atoms with van der Waals surface area (Å²) in [7, 11) is 0. The fraction of sp³-hybridized carbons (Fsp3) is 0.583. The van der Waals surface area contributed by atoms with Crippen molar-refractivity contribution >= 4 is 5.91 Å². The molecule has 1 amide bonds. The Hall–Kier alpha value is -1.25. The third-order valence-corrected chi connectivity index (χ3v) is 3.80. The Morgan fingerprint density at radius 2 is 2.33 bits per heavy atom. The average molecular weight is 205 g/mol. The number of furan rings is 1. The second-order valence-corrected chi connectivity index (χ2v) is 4.73. The summed E-state index contributed by atoms with van der Waals surface area (Å²) in [5.41, 5.74) is 0. The molecule has 15 heavy (non-hydrogen) atoms. The maximum absolute atomic E-state index is 11.7. The van der Waals surface area contributed by atoms with Crippen molar-refractivity contribution in [2.75, 3.05) is 0 Å². The smallest absolute Gasteiger partial charge is 0.287 e. The molecular formula is C12H15NO2. The number of fused-ring (bicyclic) bond motifs is 2. The molecule has 3 heteroatoms. The molecule has 1 aromatic rings. The van der Waals surface area contributed by atoms with Crippen LogP contribution in [0.5, 0.6) is 0 Å². The molecule has 0 spiro atoms. The lowest BCUT2D eigenvalue weighted by atomic mass is 9.95. The molecule has 3 rings (SSSR count). The van der Waals surface area contributed by atoms with Crippen molar-refractivity contribution in [3.63, 3.8) is 0 Å². The van der Waals surface area contributed by atoms with E-state index in [0.717, 1.165) is 12.3 Å². The van der Waals surface area contributed by atoms with Crippen molar-refractivity contribution in [3.05, 3.63) is 24.2 Å². The van der Waals surface area contributed by atoms with Gasteiger partial charge in [0.25, 0.3) is 5.91 Å². The SMILES string of the molecule is O=C(N[C@@H]1C[C@@H]2CC[C@H]1C2)c1ccco1. The number of hydrogen-bond donors (Lipinski definition) is 1. The van der Waals surface area contributed by atoms with Crippen LogP contribution < -0.4 is 5.32 Å². The zero-order valence-electron chi connectivity index (χ0n) is 8.61. The topological polar surface area (TPSA) is 42.2 Å². The van der Waals surface area contributed by atoms with Gasteiger partial charge in [0.1, 0.15) is 0 Å². The predicted molar refractivity (Wildman–Crippen MR) is 55.4 cm³/mol. The van der Waals surface area contributed by atoms with Gasteiger partial charge >= 0.3 is 0 Å². The monoisotopic (exact) mass is 205 g/mol. The van der Waals surface area contributed by atoms with Gasteiger partial charge < -0.3 is 9.73 Å². The van der Waals surface area contributed by atoms with Crippen LogP contribution in [0, 0.1) is 11.8 Å². The first kappa shape index (κ1) is 9.01. The van der Waals surface area contributed by atoms with Crippen LogP contribution in [0.2, 0.25) is 0 Å². The van der Waals surface area contributed by atoms with Crippen LogP contribution in [0.4, 0.5) is 0 Å². The van der Waals surface area contributed by atoms with Crippen LogP contribution in [-0.2, 0) is 0 Å². The zero-order chi connectivity index (χ0) is 10.3. The van der Waals surface area contributed by atoms with Crippen molar-refractivity contribution < 1.29 is 9.21 Å². The molecule has 1 N–H and O–H groups in total. The van der Waals surface area contributed by atoms with E-state index in [1.54, 1.807) is 12.1 Å². The summed E-state index contributed by atoms with van der Waals surface area (Å²) >= 11 is 0. The number of amides is 1. The van der Waals surface area contributed by atoms with E-state index in [-0.39, 0.29) is 5.91 Å². The first-order chi connectivity index (χ1) is 7.33. The molecule has 3 nitrogen and oxygen atoms in total. The Morgan fingerprint density at radius 1 is 1.40 bits per heavy atom. The lowest BCUT2D eigenvalue weighted by Crippen LogP contribution is -2.38. The van der Waals surface area contributed by atoms with Crippen LogP contribution in [0.3, 0.4) is 0 Å². The Labute approximate surface area is 88.8 Å². The van der Waals surface area contributed by atoms with Gasteiger partial charge in [-0.25, -0.2) is 0 Å². The summed E-state index contributed by atoms with van der Waals surface area (Å²) in [6.07, 6.45) is 6.65. The van der Waals surface area contributed by atoms with E-state index in [1.165, 1.54) is 25.5 Å². The van der Waals surface area contributed by atoms with Gasteiger partial charge in [-0.2, -0.15) is 0 Å². The minimum atomic E-state index is -0.0578. The number of carbonyl (C=O) groups is 1. The number of carbonyl (C=O) groups excluding carboxylic acids is 1. The maximum atomic E-state index is 11.7. The van der Waals surface area contributed by atoms with Crippen molar-refractivity contribution in [2.45, 2.75) is 31.7 Å². The van der Waals surface area contributed by atoms with Gasteiger partial charge in [0.2, 0.25) is 0 Å². The molecule has 0 unspecified atom stereocenters. The van der Waals surface area contributed by atoms with E-state index in [1.807, 2.05) is 0 Å². The normalized spacial score (nSPS) is 33.2.